The molecule has 0 atom stereocenters. The van der Waals surface area contributed by atoms with Gasteiger partial charge in [-0.15, -0.1) is 0 Å². The fourth-order valence-corrected chi connectivity index (χ4v) is 4.90. The third kappa shape index (κ3) is 7.47. The van der Waals surface area contributed by atoms with Crippen LogP contribution in [0.3, 0.4) is 0 Å². The zero-order chi connectivity index (χ0) is 30.9. The van der Waals surface area contributed by atoms with E-state index in [1.807, 2.05) is 66.7 Å². The fourth-order valence-electron chi connectivity index (χ4n) is 4.74. The van der Waals surface area contributed by atoms with Crippen LogP contribution in [-0.4, -0.2) is 44.6 Å². The number of Topliss-reactive ketones (excluding diaryl/α,β-unsaturated/α-hetero) is 1. The number of hydrogen-bond donors (Lipinski definition) is 3. The molecular weight excluding hydrogens is 578 g/mol. The Morgan fingerprint density at radius 3 is 1.75 bits per heavy atom. The highest BCUT2D eigenvalue weighted by Crippen LogP contribution is 2.33. The van der Waals surface area contributed by atoms with Gasteiger partial charge < -0.3 is 31.0 Å². The monoisotopic (exact) mass is 611 g/mol. The first-order chi connectivity index (χ1) is 21.5. The van der Waals surface area contributed by atoms with E-state index in [2.05, 4.69) is 5.32 Å². The van der Waals surface area contributed by atoms with Crippen LogP contribution in [0.15, 0.2) is 91.0 Å². The van der Waals surface area contributed by atoms with Crippen LogP contribution in [0.4, 0.5) is 5.69 Å². The SMILES string of the molecule is NCCCOc1cc2ccccc2cc1C(=O)CNc1ccc(Cl)cc1OC(=O)c1cc2ccccc2cc1OCCCN. The van der Waals surface area contributed by atoms with Crippen molar-refractivity contribution in [2.75, 3.05) is 38.2 Å². The van der Waals surface area contributed by atoms with Gasteiger partial charge >= 0.3 is 5.97 Å². The van der Waals surface area contributed by atoms with Crippen molar-refractivity contribution in [3.05, 3.63) is 107 Å². The van der Waals surface area contributed by atoms with Crippen LogP contribution < -0.4 is 31.0 Å². The summed E-state index contributed by atoms with van der Waals surface area (Å²) in [6.45, 7) is 1.61. The molecule has 0 bridgehead atoms. The number of esters is 1. The van der Waals surface area contributed by atoms with Gasteiger partial charge in [0.25, 0.3) is 0 Å². The summed E-state index contributed by atoms with van der Waals surface area (Å²) < 4.78 is 17.7. The van der Waals surface area contributed by atoms with E-state index in [1.54, 1.807) is 18.2 Å². The number of carbonyl (C=O) groups is 2. The summed E-state index contributed by atoms with van der Waals surface area (Å²) in [5.41, 5.74) is 12.4. The first-order valence-corrected chi connectivity index (χ1v) is 14.8. The summed E-state index contributed by atoms with van der Waals surface area (Å²) in [7, 11) is 0. The van der Waals surface area contributed by atoms with E-state index in [-0.39, 0.29) is 23.6 Å². The smallest absolute Gasteiger partial charge is 0.347 e. The molecule has 0 heterocycles. The van der Waals surface area contributed by atoms with Gasteiger partial charge in [0.1, 0.15) is 17.1 Å². The maximum absolute atomic E-state index is 13.5. The van der Waals surface area contributed by atoms with Crippen LogP contribution in [0.25, 0.3) is 21.5 Å². The van der Waals surface area contributed by atoms with Crippen LogP contribution in [0.1, 0.15) is 33.6 Å². The molecule has 5 aromatic rings. The summed E-state index contributed by atoms with van der Waals surface area (Å²) in [6, 6.07) is 27.5. The number of fused-ring (bicyclic) bond motifs is 2. The lowest BCUT2D eigenvalue weighted by molar-refractivity contribution is 0.0731. The zero-order valence-corrected chi connectivity index (χ0v) is 24.9. The molecular formula is C35H34ClN3O5. The molecule has 0 amide bonds. The molecule has 9 heteroatoms. The molecule has 0 aliphatic heterocycles. The number of halogens is 1. The van der Waals surface area contributed by atoms with Crippen molar-refractivity contribution in [3.63, 3.8) is 0 Å². The van der Waals surface area contributed by atoms with Crippen LogP contribution in [-0.2, 0) is 0 Å². The van der Waals surface area contributed by atoms with Crippen LogP contribution >= 0.6 is 11.6 Å². The van der Waals surface area contributed by atoms with E-state index in [0.29, 0.717) is 66.9 Å². The number of ketones is 1. The Labute approximate surface area is 260 Å². The molecule has 0 saturated carbocycles. The molecule has 0 aliphatic rings. The van der Waals surface area contributed by atoms with Gasteiger partial charge in [-0.05, 0) is 83.9 Å². The largest absolute Gasteiger partial charge is 0.493 e. The molecule has 8 nitrogen and oxygen atoms in total. The summed E-state index contributed by atoms with van der Waals surface area (Å²) >= 11 is 6.29. The molecule has 0 aliphatic carbocycles. The molecule has 226 valence electrons. The standard InChI is InChI=1S/C35H34ClN3O5/c36-27-11-12-30(39-22-31(40)28-17-23-7-1-3-9-25(23)19-32(28)42-15-5-13-37)34(21-27)44-35(41)29-18-24-8-2-4-10-26(24)20-33(29)43-16-6-14-38/h1-4,7-12,17-21,39H,5-6,13-16,22,37-38H2. The molecule has 44 heavy (non-hydrogen) atoms. The number of nitrogens with one attached hydrogen (secondary N) is 1. The van der Waals surface area contributed by atoms with Crippen LogP contribution in [0, 0.1) is 0 Å². The molecule has 5 aromatic carbocycles. The first-order valence-electron chi connectivity index (χ1n) is 14.5. The number of hydrogen-bond acceptors (Lipinski definition) is 8. The van der Waals surface area contributed by atoms with Gasteiger partial charge in [0.15, 0.2) is 11.5 Å². The minimum Gasteiger partial charge on any atom is -0.493 e. The van der Waals surface area contributed by atoms with E-state index in [9.17, 15) is 9.59 Å². The second kappa shape index (κ2) is 14.7. The van der Waals surface area contributed by atoms with Gasteiger partial charge in [0, 0.05) is 11.1 Å². The van der Waals surface area contributed by atoms with E-state index >= 15 is 0 Å². The van der Waals surface area contributed by atoms with Gasteiger partial charge in [-0.25, -0.2) is 4.79 Å². The minimum atomic E-state index is -0.625. The van der Waals surface area contributed by atoms with Crippen LogP contribution in [0.2, 0.25) is 5.02 Å². The Kier molecular flexibility index (Phi) is 10.3. The quantitative estimate of drug-likeness (QED) is 0.0554. The number of ether oxygens (including phenoxy) is 3. The van der Waals surface area contributed by atoms with E-state index in [1.165, 1.54) is 6.07 Å². The Hall–Kier alpha value is -4.63. The highest BCUT2D eigenvalue weighted by molar-refractivity contribution is 6.30. The Bertz CT molecular complexity index is 1790. The number of rotatable bonds is 14. The van der Waals surface area contributed by atoms with E-state index < -0.39 is 5.97 Å². The second-order valence-corrected chi connectivity index (χ2v) is 10.6. The minimum absolute atomic E-state index is 0.0821. The molecule has 0 spiro atoms. The van der Waals surface area contributed by atoms with Gasteiger partial charge in [-0.1, -0.05) is 60.1 Å². The predicted octanol–water partition coefficient (Wildman–Crippen LogP) is 6.62. The first kappa shape index (κ1) is 30.8. The maximum Gasteiger partial charge on any atom is 0.347 e. The average molecular weight is 612 g/mol. The van der Waals surface area contributed by atoms with Crippen molar-refractivity contribution in [3.8, 4) is 17.2 Å². The molecule has 5 N–H and O–H groups in total. The van der Waals surface area contributed by atoms with E-state index in [4.69, 9.17) is 37.3 Å². The van der Waals surface area contributed by atoms with Crippen molar-refractivity contribution < 1.29 is 23.8 Å². The second-order valence-electron chi connectivity index (χ2n) is 10.2. The topological polar surface area (TPSA) is 126 Å². The van der Waals surface area contributed by atoms with Gasteiger partial charge in [-0.3, -0.25) is 4.79 Å². The van der Waals surface area contributed by atoms with Gasteiger partial charge in [0.05, 0.1) is 31.0 Å². The summed E-state index contributed by atoms with van der Waals surface area (Å²) in [6.07, 6.45) is 1.30. The summed E-state index contributed by atoms with van der Waals surface area (Å²) in [5, 5.41) is 7.16. The number of benzene rings is 5. The fraction of sp³-hybridized carbons (Fsp3) is 0.200. The molecule has 0 saturated heterocycles. The van der Waals surface area contributed by atoms with Crippen molar-refractivity contribution >= 4 is 50.6 Å². The highest BCUT2D eigenvalue weighted by atomic mass is 35.5. The van der Waals surface area contributed by atoms with Crippen LogP contribution in [0.5, 0.6) is 17.2 Å². The normalized spacial score (nSPS) is 11.0. The Balaban J connectivity index is 1.38. The average Bonchev–Trinajstić information content (AvgIpc) is 3.03. The Morgan fingerprint density at radius 2 is 1.18 bits per heavy atom. The molecule has 0 unspecified atom stereocenters. The lowest BCUT2D eigenvalue weighted by Crippen LogP contribution is -2.17. The number of nitrogens with two attached hydrogens (primary N) is 2. The summed E-state index contributed by atoms with van der Waals surface area (Å²) in [4.78, 5) is 27.0. The van der Waals surface area contributed by atoms with Gasteiger partial charge in [0.2, 0.25) is 0 Å². The van der Waals surface area contributed by atoms with Crippen molar-refractivity contribution in [2.45, 2.75) is 12.8 Å². The van der Waals surface area contributed by atoms with Crippen molar-refractivity contribution in [1.82, 2.24) is 0 Å². The highest BCUT2D eigenvalue weighted by Gasteiger charge is 2.20. The molecule has 5 rings (SSSR count). The number of carbonyl (C=O) groups excluding carboxylic acids is 2. The maximum atomic E-state index is 13.5. The number of anilines is 1. The lowest BCUT2D eigenvalue weighted by atomic mass is 10.0. The molecule has 0 fully saturated rings. The summed E-state index contributed by atoms with van der Waals surface area (Å²) in [5.74, 6) is 0.239. The predicted molar refractivity (Wildman–Crippen MR) is 175 cm³/mol. The molecule has 0 aromatic heterocycles. The third-order valence-electron chi connectivity index (χ3n) is 7.01. The van der Waals surface area contributed by atoms with E-state index in [0.717, 1.165) is 21.5 Å². The van der Waals surface area contributed by atoms with Crippen molar-refractivity contribution in [2.24, 2.45) is 11.5 Å². The van der Waals surface area contributed by atoms with Gasteiger partial charge in [-0.2, -0.15) is 0 Å². The van der Waals surface area contributed by atoms with Crippen molar-refractivity contribution in [1.29, 1.82) is 0 Å². The third-order valence-corrected chi connectivity index (χ3v) is 7.25. The zero-order valence-electron chi connectivity index (χ0n) is 24.2. The lowest BCUT2D eigenvalue weighted by Gasteiger charge is -2.16. The Morgan fingerprint density at radius 1 is 0.659 bits per heavy atom. The molecule has 0 radical (unpaired) electrons.